The van der Waals surface area contributed by atoms with Crippen molar-refractivity contribution in [1.29, 1.82) is 0 Å². The summed E-state index contributed by atoms with van der Waals surface area (Å²) in [6.45, 7) is 0.376. The van der Waals surface area contributed by atoms with Crippen molar-refractivity contribution in [3.8, 4) is 0 Å². The molecule has 0 unspecified atom stereocenters. The lowest BCUT2D eigenvalue weighted by molar-refractivity contribution is 0.0952. The highest BCUT2D eigenvalue weighted by molar-refractivity contribution is 7.99. The largest absolute Gasteiger partial charge is 0.467 e. The van der Waals surface area contributed by atoms with Crippen LogP contribution >= 0.6 is 34.7 Å². The fourth-order valence-electron chi connectivity index (χ4n) is 2.55. The third-order valence-electron chi connectivity index (χ3n) is 3.81. The average molecular weight is 400 g/mol. The predicted octanol–water partition coefficient (Wildman–Crippen LogP) is 6.23. The maximum absolute atomic E-state index is 12.5. The summed E-state index contributed by atoms with van der Waals surface area (Å²) < 4.78 is 6.32. The first-order chi connectivity index (χ1) is 12.7. The molecule has 26 heavy (non-hydrogen) atoms. The predicted molar refractivity (Wildman–Crippen MR) is 107 cm³/mol. The number of hydrogen-bond acceptors (Lipinski definition) is 4. The minimum Gasteiger partial charge on any atom is -0.467 e. The Labute approximate surface area is 164 Å². The van der Waals surface area contributed by atoms with Crippen LogP contribution in [0.5, 0.6) is 0 Å². The zero-order chi connectivity index (χ0) is 17.9. The number of thiophene rings is 1. The number of carbonyl (C=O) groups is 1. The van der Waals surface area contributed by atoms with E-state index in [0.29, 0.717) is 11.4 Å². The highest BCUT2D eigenvalue weighted by Gasteiger charge is 2.14. The summed E-state index contributed by atoms with van der Waals surface area (Å²) in [6, 6.07) is 19.4. The van der Waals surface area contributed by atoms with Crippen LogP contribution in [0.1, 0.15) is 15.4 Å². The highest BCUT2D eigenvalue weighted by atomic mass is 35.5. The van der Waals surface area contributed by atoms with Crippen molar-refractivity contribution in [1.82, 2.24) is 5.32 Å². The smallest absolute Gasteiger partial charge is 0.261 e. The van der Waals surface area contributed by atoms with Crippen LogP contribution in [0.2, 0.25) is 5.02 Å². The molecule has 6 heteroatoms. The highest BCUT2D eigenvalue weighted by Crippen LogP contribution is 2.39. The van der Waals surface area contributed by atoms with Gasteiger partial charge in [0.25, 0.3) is 5.91 Å². The molecule has 0 aliphatic heterocycles. The number of carbonyl (C=O) groups excluding carboxylic acids is 1. The summed E-state index contributed by atoms with van der Waals surface area (Å²) >= 11 is 9.37. The third kappa shape index (κ3) is 3.65. The van der Waals surface area contributed by atoms with Gasteiger partial charge in [-0.2, -0.15) is 0 Å². The zero-order valence-electron chi connectivity index (χ0n) is 13.6. The first kappa shape index (κ1) is 17.2. The molecule has 0 saturated carbocycles. The molecule has 0 saturated heterocycles. The van der Waals surface area contributed by atoms with Crippen LogP contribution in [-0.4, -0.2) is 5.91 Å². The summed E-state index contributed by atoms with van der Waals surface area (Å²) in [5.74, 6) is 0.630. The Kier molecular flexibility index (Phi) is 5.02. The van der Waals surface area contributed by atoms with Crippen molar-refractivity contribution < 1.29 is 9.21 Å². The summed E-state index contributed by atoms with van der Waals surface area (Å²) in [5, 5.41) is 4.67. The average Bonchev–Trinajstić information content (AvgIpc) is 3.31. The molecule has 4 rings (SSSR count). The van der Waals surface area contributed by atoms with E-state index in [0.717, 1.165) is 30.7 Å². The maximum atomic E-state index is 12.5. The Bertz CT molecular complexity index is 1060. The number of rotatable bonds is 5. The van der Waals surface area contributed by atoms with Crippen molar-refractivity contribution >= 4 is 50.7 Å². The molecule has 0 aliphatic carbocycles. The van der Waals surface area contributed by atoms with E-state index in [1.54, 1.807) is 24.1 Å². The number of furan rings is 1. The van der Waals surface area contributed by atoms with Crippen molar-refractivity contribution in [3.05, 3.63) is 82.6 Å². The molecule has 3 nitrogen and oxygen atoms in total. The number of hydrogen-bond donors (Lipinski definition) is 1. The molecule has 1 N–H and O–H groups in total. The first-order valence-corrected chi connectivity index (χ1v) is 9.97. The van der Waals surface area contributed by atoms with Crippen LogP contribution in [0.15, 0.2) is 81.1 Å². The van der Waals surface area contributed by atoms with Crippen LogP contribution in [-0.2, 0) is 6.54 Å². The van der Waals surface area contributed by atoms with Crippen molar-refractivity contribution in [3.63, 3.8) is 0 Å². The fourth-order valence-corrected chi connectivity index (χ4v) is 4.84. The van der Waals surface area contributed by atoms with Crippen LogP contribution in [0.3, 0.4) is 0 Å². The van der Waals surface area contributed by atoms with Gasteiger partial charge in [0.05, 0.1) is 22.7 Å². The third-order valence-corrected chi connectivity index (χ3v) is 6.50. The summed E-state index contributed by atoms with van der Waals surface area (Å²) in [6.07, 6.45) is 1.60. The van der Waals surface area contributed by atoms with Crippen molar-refractivity contribution in [2.75, 3.05) is 0 Å². The van der Waals surface area contributed by atoms with E-state index in [1.807, 2.05) is 54.6 Å². The lowest BCUT2D eigenvalue weighted by Crippen LogP contribution is -2.21. The number of nitrogens with one attached hydrogen (secondary N) is 1. The SMILES string of the molecule is O=C(NCc1ccco1)c1cc2c(Sc3ccccc3Cl)cccc2s1. The van der Waals surface area contributed by atoms with Gasteiger partial charge in [0, 0.05) is 19.9 Å². The Morgan fingerprint density at radius 2 is 1.92 bits per heavy atom. The second-order valence-corrected chi connectivity index (χ2v) is 8.15. The molecule has 0 aliphatic rings. The first-order valence-electron chi connectivity index (χ1n) is 7.96. The molecular formula is C20H14ClNO2S2. The molecule has 0 bridgehead atoms. The fraction of sp³-hybridized carbons (Fsp3) is 0.0500. The van der Waals surface area contributed by atoms with Crippen molar-refractivity contribution in [2.45, 2.75) is 16.3 Å². The molecule has 2 aromatic heterocycles. The Morgan fingerprint density at radius 1 is 1.08 bits per heavy atom. The summed E-state index contributed by atoms with van der Waals surface area (Å²) in [4.78, 5) is 15.2. The van der Waals surface area contributed by atoms with E-state index in [-0.39, 0.29) is 5.91 Å². The second-order valence-electron chi connectivity index (χ2n) is 5.57. The quantitative estimate of drug-likeness (QED) is 0.432. The van der Waals surface area contributed by atoms with Gasteiger partial charge in [-0.3, -0.25) is 4.79 Å². The molecule has 1 amide bonds. The van der Waals surface area contributed by atoms with E-state index in [9.17, 15) is 4.79 Å². The standard InChI is InChI=1S/C20H14ClNO2S2/c21-15-6-1-2-7-18(15)25-16-8-3-9-17-14(16)11-19(26-17)20(23)22-12-13-5-4-10-24-13/h1-11H,12H2,(H,22,23). The monoisotopic (exact) mass is 399 g/mol. The molecule has 0 spiro atoms. The summed E-state index contributed by atoms with van der Waals surface area (Å²) in [7, 11) is 0. The van der Waals surface area contributed by atoms with Gasteiger partial charge in [0.1, 0.15) is 5.76 Å². The Balaban J connectivity index is 1.59. The molecule has 0 radical (unpaired) electrons. The minimum absolute atomic E-state index is 0.101. The Hall–Kier alpha value is -2.21. The lowest BCUT2D eigenvalue weighted by Gasteiger charge is -2.05. The molecular weight excluding hydrogens is 386 g/mol. The van der Waals surface area contributed by atoms with E-state index < -0.39 is 0 Å². The van der Waals surface area contributed by atoms with Gasteiger partial charge >= 0.3 is 0 Å². The zero-order valence-corrected chi connectivity index (χ0v) is 16.0. The van der Waals surface area contributed by atoms with E-state index in [4.69, 9.17) is 16.0 Å². The van der Waals surface area contributed by atoms with Gasteiger partial charge in [0.2, 0.25) is 0 Å². The topological polar surface area (TPSA) is 42.2 Å². The minimum atomic E-state index is -0.101. The molecule has 2 aromatic carbocycles. The van der Waals surface area contributed by atoms with Crippen LogP contribution in [0.4, 0.5) is 0 Å². The van der Waals surface area contributed by atoms with Gasteiger partial charge in [0.15, 0.2) is 0 Å². The molecule has 4 aromatic rings. The van der Waals surface area contributed by atoms with Gasteiger partial charge in [-0.25, -0.2) is 0 Å². The number of halogens is 1. The second kappa shape index (κ2) is 7.58. The van der Waals surface area contributed by atoms with Gasteiger partial charge < -0.3 is 9.73 Å². The van der Waals surface area contributed by atoms with Gasteiger partial charge in [-0.05, 0) is 42.5 Å². The van der Waals surface area contributed by atoms with E-state index in [1.165, 1.54) is 11.3 Å². The van der Waals surface area contributed by atoms with Crippen LogP contribution in [0.25, 0.3) is 10.1 Å². The van der Waals surface area contributed by atoms with Crippen molar-refractivity contribution in [2.24, 2.45) is 0 Å². The number of fused-ring (bicyclic) bond motifs is 1. The van der Waals surface area contributed by atoms with E-state index in [2.05, 4.69) is 5.32 Å². The number of benzene rings is 2. The van der Waals surface area contributed by atoms with Crippen LogP contribution < -0.4 is 5.32 Å². The van der Waals surface area contributed by atoms with Gasteiger partial charge in [-0.15, -0.1) is 11.3 Å². The summed E-state index contributed by atoms with van der Waals surface area (Å²) in [5.41, 5.74) is 0. The molecule has 0 fully saturated rings. The molecule has 0 atom stereocenters. The molecule has 2 heterocycles. The Morgan fingerprint density at radius 3 is 2.73 bits per heavy atom. The van der Waals surface area contributed by atoms with E-state index >= 15 is 0 Å². The molecule has 130 valence electrons. The van der Waals surface area contributed by atoms with Gasteiger partial charge in [-0.1, -0.05) is 41.6 Å². The normalized spacial score (nSPS) is 11.0. The number of amides is 1. The maximum Gasteiger partial charge on any atom is 0.261 e. The lowest BCUT2D eigenvalue weighted by atomic mass is 10.2. The van der Waals surface area contributed by atoms with Crippen LogP contribution in [0, 0.1) is 0 Å².